The quantitative estimate of drug-likeness (QED) is 0.878. The molecular weight excluding hydrogens is 279 g/mol. The first-order chi connectivity index (χ1) is 9.56. The van der Waals surface area contributed by atoms with Gasteiger partial charge in [0.15, 0.2) is 5.16 Å². The summed E-state index contributed by atoms with van der Waals surface area (Å²) in [6, 6.07) is 3.60. The summed E-state index contributed by atoms with van der Waals surface area (Å²) in [6.07, 6.45) is 3.32. The molecule has 0 unspecified atom stereocenters. The van der Waals surface area contributed by atoms with Crippen molar-refractivity contribution in [3.8, 4) is 0 Å². The van der Waals surface area contributed by atoms with Crippen LogP contribution < -0.4 is 0 Å². The van der Waals surface area contributed by atoms with Crippen LogP contribution in [0.2, 0.25) is 0 Å². The van der Waals surface area contributed by atoms with Crippen LogP contribution in [0.5, 0.6) is 0 Å². The number of aliphatic carboxylic acids is 1. The zero-order chi connectivity index (χ0) is 14.3. The molecule has 1 aliphatic rings. The zero-order valence-corrected chi connectivity index (χ0v) is 11.9. The molecule has 1 N–H and O–H groups in total. The van der Waals surface area contributed by atoms with Crippen molar-refractivity contribution >= 4 is 28.8 Å². The standard InChI is InChI=1S/C14H15FN2O2S/c1-8-5-12-11(6-10(8)15)16-14(20-7-13(18)19)17(12)9-3-2-4-9/h5-6,9H,2-4,7H2,1H3,(H,18,19). The van der Waals surface area contributed by atoms with E-state index in [0.29, 0.717) is 22.3 Å². The number of nitrogens with zero attached hydrogens (tertiary/aromatic N) is 2. The van der Waals surface area contributed by atoms with Gasteiger partial charge in [-0.1, -0.05) is 11.8 Å². The van der Waals surface area contributed by atoms with Crippen molar-refractivity contribution in [2.75, 3.05) is 5.75 Å². The maximum absolute atomic E-state index is 13.7. The second-order valence-corrected chi connectivity index (χ2v) is 6.06. The molecule has 2 aromatic rings. The predicted octanol–water partition coefficient (Wildman–Crippen LogP) is 3.39. The van der Waals surface area contributed by atoms with Gasteiger partial charge in [0.2, 0.25) is 0 Å². The van der Waals surface area contributed by atoms with Crippen molar-refractivity contribution in [1.29, 1.82) is 0 Å². The molecule has 1 heterocycles. The Morgan fingerprint density at radius 1 is 1.55 bits per heavy atom. The van der Waals surface area contributed by atoms with E-state index in [1.165, 1.54) is 24.2 Å². The number of halogens is 1. The number of carbonyl (C=O) groups is 1. The van der Waals surface area contributed by atoms with Crippen molar-refractivity contribution in [2.24, 2.45) is 0 Å². The molecule has 1 aliphatic carbocycles. The van der Waals surface area contributed by atoms with Gasteiger partial charge in [-0.05, 0) is 37.8 Å². The van der Waals surface area contributed by atoms with Crippen LogP contribution in [0.25, 0.3) is 11.0 Å². The van der Waals surface area contributed by atoms with Gasteiger partial charge < -0.3 is 9.67 Å². The largest absolute Gasteiger partial charge is 0.481 e. The lowest BCUT2D eigenvalue weighted by atomic mass is 9.93. The van der Waals surface area contributed by atoms with E-state index in [-0.39, 0.29) is 11.6 Å². The molecule has 0 radical (unpaired) electrons. The van der Waals surface area contributed by atoms with E-state index in [2.05, 4.69) is 9.55 Å². The van der Waals surface area contributed by atoms with Crippen molar-refractivity contribution in [3.63, 3.8) is 0 Å². The van der Waals surface area contributed by atoms with Crippen LogP contribution in [0.1, 0.15) is 30.9 Å². The Labute approximate surface area is 120 Å². The van der Waals surface area contributed by atoms with Gasteiger partial charge in [0.25, 0.3) is 0 Å². The second-order valence-electron chi connectivity index (χ2n) is 5.12. The normalized spacial score (nSPS) is 15.5. The minimum Gasteiger partial charge on any atom is -0.481 e. The number of hydrogen-bond donors (Lipinski definition) is 1. The number of imidazole rings is 1. The van der Waals surface area contributed by atoms with Crippen LogP contribution in [-0.2, 0) is 4.79 Å². The zero-order valence-electron chi connectivity index (χ0n) is 11.1. The fourth-order valence-corrected chi connectivity index (χ4v) is 3.23. The molecule has 1 aromatic heterocycles. The molecule has 3 rings (SSSR count). The Morgan fingerprint density at radius 3 is 2.90 bits per heavy atom. The van der Waals surface area contributed by atoms with Crippen molar-refractivity contribution in [1.82, 2.24) is 9.55 Å². The third-order valence-corrected chi connectivity index (χ3v) is 4.64. The van der Waals surface area contributed by atoms with E-state index in [1.807, 2.05) is 0 Å². The number of aryl methyl sites for hydroxylation is 1. The summed E-state index contributed by atoms with van der Waals surface area (Å²) < 4.78 is 15.7. The maximum atomic E-state index is 13.7. The van der Waals surface area contributed by atoms with E-state index < -0.39 is 5.97 Å². The van der Waals surface area contributed by atoms with Gasteiger partial charge in [-0.3, -0.25) is 4.79 Å². The van der Waals surface area contributed by atoms with E-state index in [9.17, 15) is 9.18 Å². The van der Waals surface area contributed by atoms with Crippen LogP contribution >= 0.6 is 11.8 Å². The third kappa shape index (κ3) is 2.28. The molecule has 0 amide bonds. The Hall–Kier alpha value is -1.56. The topological polar surface area (TPSA) is 55.1 Å². The monoisotopic (exact) mass is 294 g/mol. The molecule has 0 bridgehead atoms. The number of rotatable bonds is 4. The highest BCUT2D eigenvalue weighted by atomic mass is 32.2. The van der Waals surface area contributed by atoms with E-state index in [1.54, 1.807) is 13.0 Å². The first-order valence-corrected chi connectivity index (χ1v) is 7.57. The predicted molar refractivity (Wildman–Crippen MR) is 75.7 cm³/mol. The fraction of sp³-hybridized carbons (Fsp3) is 0.429. The molecule has 106 valence electrons. The van der Waals surface area contributed by atoms with Crippen LogP contribution in [-0.4, -0.2) is 26.4 Å². The molecule has 0 saturated heterocycles. The molecule has 1 fully saturated rings. The summed E-state index contributed by atoms with van der Waals surface area (Å²) in [5, 5.41) is 9.50. The van der Waals surface area contributed by atoms with Gasteiger partial charge >= 0.3 is 5.97 Å². The number of aromatic nitrogens is 2. The molecular formula is C14H15FN2O2S. The van der Waals surface area contributed by atoms with Crippen LogP contribution in [0.15, 0.2) is 17.3 Å². The van der Waals surface area contributed by atoms with E-state index >= 15 is 0 Å². The first kappa shape index (κ1) is 13.4. The highest BCUT2D eigenvalue weighted by molar-refractivity contribution is 7.99. The SMILES string of the molecule is Cc1cc2c(cc1F)nc(SCC(=O)O)n2C1CCC1. The minimum atomic E-state index is -0.871. The number of benzene rings is 1. The average molecular weight is 294 g/mol. The highest BCUT2D eigenvalue weighted by Crippen LogP contribution is 2.38. The summed E-state index contributed by atoms with van der Waals surface area (Å²) in [7, 11) is 0. The van der Waals surface area contributed by atoms with Gasteiger partial charge in [0, 0.05) is 12.1 Å². The lowest BCUT2D eigenvalue weighted by molar-refractivity contribution is -0.133. The highest BCUT2D eigenvalue weighted by Gasteiger charge is 2.25. The summed E-state index contributed by atoms with van der Waals surface area (Å²) >= 11 is 1.20. The van der Waals surface area contributed by atoms with Crippen molar-refractivity contribution < 1.29 is 14.3 Å². The molecule has 0 atom stereocenters. The molecule has 0 aliphatic heterocycles. The van der Waals surface area contributed by atoms with Gasteiger partial charge in [0.1, 0.15) is 5.82 Å². The first-order valence-electron chi connectivity index (χ1n) is 6.59. The summed E-state index contributed by atoms with van der Waals surface area (Å²) in [4.78, 5) is 15.2. The Kier molecular flexibility index (Phi) is 3.41. The van der Waals surface area contributed by atoms with Crippen molar-refractivity contribution in [2.45, 2.75) is 37.4 Å². The summed E-state index contributed by atoms with van der Waals surface area (Å²) in [5.74, 6) is -1.17. The van der Waals surface area contributed by atoms with Gasteiger partial charge in [-0.15, -0.1) is 0 Å². The molecule has 20 heavy (non-hydrogen) atoms. The fourth-order valence-electron chi connectivity index (χ4n) is 2.42. The van der Waals surface area contributed by atoms with Crippen molar-refractivity contribution in [3.05, 3.63) is 23.5 Å². The number of carboxylic acid groups (broad SMARTS) is 1. The number of hydrogen-bond acceptors (Lipinski definition) is 3. The number of thioether (sulfide) groups is 1. The van der Waals surface area contributed by atoms with E-state index in [0.717, 1.165) is 18.4 Å². The Morgan fingerprint density at radius 2 is 2.30 bits per heavy atom. The van der Waals surface area contributed by atoms with E-state index in [4.69, 9.17) is 5.11 Å². The van der Waals surface area contributed by atoms with Gasteiger partial charge in [0.05, 0.1) is 16.8 Å². The van der Waals surface area contributed by atoms with Crippen LogP contribution in [0, 0.1) is 12.7 Å². The Bertz CT molecular complexity index is 679. The lowest BCUT2D eigenvalue weighted by Gasteiger charge is -2.29. The molecule has 0 spiro atoms. The third-order valence-electron chi connectivity index (χ3n) is 3.70. The number of fused-ring (bicyclic) bond motifs is 1. The molecule has 6 heteroatoms. The molecule has 4 nitrogen and oxygen atoms in total. The van der Waals surface area contributed by atoms with Crippen LogP contribution in [0.3, 0.4) is 0 Å². The van der Waals surface area contributed by atoms with Crippen LogP contribution in [0.4, 0.5) is 4.39 Å². The smallest absolute Gasteiger partial charge is 0.313 e. The summed E-state index contributed by atoms with van der Waals surface area (Å²) in [5.41, 5.74) is 2.10. The maximum Gasteiger partial charge on any atom is 0.313 e. The van der Waals surface area contributed by atoms with Gasteiger partial charge in [-0.2, -0.15) is 0 Å². The van der Waals surface area contributed by atoms with Gasteiger partial charge in [-0.25, -0.2) is 9.37 Å². The number of carboxylic acids is 1. The lowest BCUT2D eigenvalue weighted by Crippen LogP contribution is -2.18. The molecule has 1 saturated carbocycles. The average Bonchev–Trinajstić information content (AvgIpc) is 2.64. The second kappa shape index (κ2) is 5.09. The summed E-state index contributed by atoms with van der Waals surface area (Å²) in [6.45, 7) is 1.73. The minimum absolute atomic E-state index is 0.0303. The Balaban J connectivity index is 2.09. The molecule has 1 aromatic carbocycles.